The number of ketones is 1. The molecule has 2 aromatic heterocycles. The van der Waals surface area contributed by atoms with E-state index in [2.05, 4.69) is 35.1 Å². The molecular formula is C31H33ClN11NaO8S2. The molecule has 0 bridgehead atoms. The van der Waals surface area contributed by atoms with Crippen molar-refractivity contribution in [2.75, 3.05) is 44.2 Å². The molecule has 3 fully saturated rings. The fourth-order valence-electron chi connectivity index (χ4n) is 7.30. The number of oxime groups is 1. The maximum Gasteiger partial charge on any atom is 1.00 e. The number of hydrogen-bond donors (Lipinski definition) is 3. The number of aromatic nitrogens is 6. The second-order valence-electron chi connectivity index (χ2n) is 13.8. The summed E-state index contributed by atoms with van der Waals surface area (Å²) in [5, 5.41) is 50.2. The van der Waals surface area contributed by atoms with Crippen LogP contribution in [-0.2, 0) is 19.2 Å². The summed E-state index contributed by atoms with van der Waals surface area (Å²) < 4.78 is 4.72. The molecule has 4 aliphatic rings. The zero-order valence-corrected chi connectivity index (χ0v) is 33.7. The molecule has 0 spiro atoms. The predicted octanol–water partition coefficient (Wildman–Crippen LogP) is -3.38. The molecule has 0 saturated carbocycles. The van der Waals surface area contributed by atoms with E-state index in [1.54, 1.807) is 9.80 Å². The molecule has 2 amide bonds. The SMILES string of the molecule is CC(C)(O/N=C(\C(=O)C[C@@H]1C(=O)N2C(c3nnn[n-]3)=C(C[N+]34CCCC3CN(C(=O)c3cc(O)c(O)c(Cl)c3)CC4)CS[C@H]12)c1nsc(N)n1)C(=O)[O-].[Na+]. The summed E-state index contributed by atoms with van der Waals surface area (Å²) in [5.41, 5.74) is 5.08. The number of fused-ring (bicyclic) bond motifs is 2. The van der Waals surface area contributed by atoms with Gasteiger partial charge in [0.25, 0.3) is 5.91 Å². The number of nitrogens with two attached hydrogens (primary N) is 1. The van der Waals surface area contributed by atoms with Crippen LogP contribution >= 0.6 is 34.9 Å². The number of Topliss-reactive ketones (excluding diaryl/α,β-unsaturated/α-hetero) is 1. The van der Waals surface area contributed by atoms with Gasteiger partial charge >= 0.3 is 29.6 Å². The van der Waals surface area contributed by atoms with E-state index in [1.165, 1.54) is 37.7 Å². The average Bonchev–Trinajstić information content (AvgIpc) is 3.90. The van der Waals surface area contributed by atoms with Crippen molar-refractivity contribution in [3.8, 4) is 11.5 Å². The Morgan fingerprint density at radius 1 is 1.26 bits per heavy atom. The third-order valence-electron chi connectivity index (χ3n) is 10.1. The Labute approximate surface area is 343 Å². The summed E-state index contributed by atoms with van der Waals surface area (Å²) >= 11 is 8.34. The number of nitrogens with zero attached hydrogens (tertiary/aromatic N) is 10. The first-order valence-electron chi connectivity index (χ1n) is 16.5. The number of carbonyl (C=O) groups excluding carboxylic acids is 4. The van der Waals surface area contributed by atoms with Gasteiger partial charge in [-0.05, 0) is 26.0 Å². The van der Waals surface area contributed by atoms with Crippen molar-refractivity contribution in [3.63, 3.8) is 0 Å². The van der Waals surface area contributed by atoms with Gasteiger partial charge in [-0.15, -0.1) is 11.8 Å². The van der Waals surface area contributed by atoms with E-state index in [4.69, 9.17) is 22.2 Å². The van der Waals surface area contributed by atoms with Gasteiger partial charge in [-0.1, -0.05) is 16.8 Å². The fraction of sp³-hybridized carbons (Fsp3) is 0.484. The number of tetrazole rings is 1. The molecule has 4 atom stereocenters. The van der Waals surface area contributed by atoms with Crippen LogP contribution in [-0.4, -0.2) is 134 Å². The molecule has 19 nitrogen and oxygen atoms in total. The fourth-order valence-corrected chi connectivity index (χ4v) is 9.35. The number of aliphatic carboxylic acids is 1. The molecule has 280 valence electrons. The number of piperazine rings is 1. The zero-order chi connectivity index (χ0) is 37.8. The summed E-state index contributed by atoms with van der Waals surface area (Å²) in [6.45, 7) is 5.38. The molecular weight excluding hydrogens is 777 g/mol. The van der Waals surface area contributed by atoms with Crippen molar-refractivity contribution < 1.29 is 73.4 Å². The van der Waals surface area contributed by atoms with Gasteiger partial charge in [0.1, 0.15) is 12.6 Å². The Morgan fingerprint density at radius 2 is 2.04 bits per heavy atom. The number of rotatable bonds is 11. The maximum absolute atomic E-state index is 13.9. The first-order chi connectivity index (χ1) is 25.2. The summed E-state index contributed by atoms with van der Waals surface area (Å²) in [4.78, 5) is 65.0. The van der Waals surface area contributed by atoms with E-state index in [9.17, 15) is 34.5 Å². The standard InChI is InChI=1S/C31H34ClN11O8S2.Na/c1-31(2,29(49)50)51-37-21(24-34-30(33)53-38-24)19(44)10-17-27(48)42-22(25-35-39-40-36-25)15(13-52-28(17)42)12-43-6-3-4-16(43)11-41(5-7-43)26(47)14-8-18(32)23(46)20(45)9-14;/h8-9,16-17,28H,3-7,10-13H2,1-2H3,(H5-,33,34,35,36,37,38,39,40,44,45,46,47,49,50);/q;+1/p-1/t16?,17-,28-,43?;/m1./s1. The molecule has 1 aromatic carbocycles. The van der Waals surface area contributed by atoms with Gasteiger partial charge in [-0.25, -0.2) is 0 Å². The predicted molar refractivity (Wildman–Crippen MR) is 186 cm³/mol. The van der Waals surface area contributed by atoms with E-state index in [0.29, 0.717) is 42.1 Å². The van der Waals surface area contributed by atoms with Crippen molar-refractivity contribution in [2.24, 2.45) is 11.1 Å². The number of hydrogen-bond acceptors (Lipinski definition) is 17. The van der Waals surface area contributed by atoms with Crippen LogP contribution in [0.15, 0.2) is 22.9 Å². The molecule has 3 aromatic rings. The second-order valence-corrected chi connectivity index (χ2v) is 16.1. The quantitative estimate of drug-likeness (QED) is 0.0426. The van der Waals surface area contributed by atoms with Crippen molar-refractivity contribution >= 4 is 75.0 Å². The van der Waals surface area contributed by atoms with Crippen LogP contribution in [0.25, 0.3) is 5.70 Å². The van der Waals surface area contributed by atoms with Crippen LogP contribution in [0.2, 0.25) is 5.02 Å². The molecule has 4 aliphatic heterocycles. The van der Waals surface area contributed by atoms with Gasteiger partial charge in [-0.2, -0.15) is 14.6 Å². The summed E-state index contributed by atoms with van der Waals surface area (Å²) in [7, 11) is 0. The minimum atomic E-state index is -1.87. The minimum absolute atomic E-state index is 0. The molecule has 0 radical (unpaired) electrons. The molecule has 0 aliphatic carbocycles. The average molecular weight is 810 g/mol. The normalized spacial score (nSPS) is 24.0. The summed E-state index contributed by atoms with van der Waals surface area (Å²) in [6, 6.07) is 2.64. The number of carbonyl (C=O) groups is 4. The number of halogens is 1. The van der Waals surface area contributed by atoms with Crippen LogP contribution in [0.4, 0.5) is 5.13 Å². The van der Waals surface area contributed by atoms with E-state index >= 15 is 0 Å². The minimum Gasteiger partial charge on any atom is -0.546 e. The Kier molecular flexibility index (Phi) is 11.3. The number of phenols is 2. The smallest absolute Gasteiger partial charge is 0.546 e. The molecule has 54 heavy (non-hydrogen) atoms. The van der Waals surface area contributed by atoms with Crippen LogP contribution in [0, 0.1) is 5.92 Å². The number of benzene rings is 1. The number of carboxylic acid groups (broad SMARTS) is 1. The van der Waals surface area contributed by atoms with E-state index in [1.807, 2.05) is 0 Å². The molecule has 4 N–H and O–H groups in total. The van der Waals surface area contributed by atoms with Crippen LogP contribution in [0.1, 0.15) is 55.1 Å². The first kappa shape index (κ1) is 39.8. The summed E-state index contributed by atoms with van der Waals surface area (Å²) in [6.07, 6.45) is 1.52. The third kappa shape index (κ3) is 7.29. The number of carboxylic acids is 1. The van der Waals surface area contributed by atoms with Crippen molar-refractivity contribution in [1.29, 1.82) is 0 Å². The number of thioether (sulfide) groups is 1. The van der Waals surface area contributed by atoms with Gasteiger partial charge in [0.15, 0.2) is 33.7 Å². The van der Waals surface area contributed by atoms with E-state index in [-0.39, 0.29) is 86.9 Å². The van der Waals surface area contributed by atoms with Crippen molar-refractivity contribution in [1.82, 2.24) is 39.8 Å². The summed E-state index contributed by atoms with van der Waals surface area (Å²) in [5.74, 6) is -4.04. The monoisotopic (exact) mass is 809 g/mol. The van der Waals surface area contributed by atoms with Gasteiger partial charge in [0.05, 0.1) is 60.0 Å². The van der Waals surface area contributed by atoms with Gasteiger partial charge in [0, 0.05) is 47.7 Å². The number of amides is 2. The Balaban J connectivity index is 0.00000497. The van der Waals surface area contributed by atoms with Gasteiger partial charge < -0.3 is 45.2 Å². The Morgan fingerprint density at radius 3 is 2.70 bits per heavy atom. The van der Waals surface area contributed by atoms with Crippen LogP contribution in [0.5, 0.6) is 11.5 Å². The van der Waals surface area contributed by atoms with Crippen LogP contribution in [0.3, 0.4) is 0 Å². The number of β-lactam (4-membered cyclic amide) rings is 1. The number of anilines is 1. The van der Waals surface area contributed by atoms with E-state index in [0.717, 1.165) is 36.5 Å². The van der Waals surface area contributed by atoms with Crippen molar-refractivity contribution in [2.45, 2.75) is 50.1 Å². The number of nitrogen functional groups attached to an aromatic ring is 1. The van der Waals surface area contributed by atoms with Crippen molar-refractivity contribution in [3.05, 3.63) is 39.9 Å². The van der Waals surface area contributed by atoms with Crippen LogP contribution < -0.4 is 45.5 Å². The molecule has 3 saturated heterocycles. The third-order valence-corrected chi connectivity index (χ3v) is 12.3. The molecule has 23 heteroatoms. The maximum atomic E-state index is 13.9. The molecule has 6 heterocycles. The Hall–Kier alpha value is -3.86. The number of aromatic hydroxyl groups is 2. The topological polar surface area (TPSA) is 264 Å². The number of quaternary nitrogens is 1. The zero-order valence-electron chi connectivity index (χ0n) is 29.3. The largest absolute Gasteiger partial charge is 1.00 e. The number of phenolic OH excluding ortho intramolecular Hbond substituents is 2. The second kappa shape index (κ2) is 15.3. The molecule has 2 unspecified atom stereocenters. The molecule has 7 rings (SSSR count). The van der Waals surface area contributed by atoms with Gasteiger partial charge in [-0.3, -0.25) is 29.6 Å². The van der Waals surface area contributed by atoms with Gasteiger partial charge in [0.2, 0.25) is 11.7 Å². The van der Waals surface area contributed by atoms with E-state index < -0.39 is 40.1 Å². The first-order valence-corrected chi connectivity index (χ1v) is 18.7. The Bertz CT molecular complexity index is 2040.